The Labute approximate surface area is 87.0 Å². The molecule has 0 saturated carbocycles. The number of hydrogen-bond acceptors (Lipinski definition) is 2. The first-order chi connectivity index (χ1) is 6.31. The Bertz CT molecular complexity index is 206. The highest BCUT2D eigenvalue weighted by Crippen LogP contribution is 2.15. The van der Waals surface area contributed by atoms with Crippen molar-refractivity contribution in [2.75, 3.05) is 7.05 Å². The van der Waals surface area contributed by atoms with Crippen LogP contribution in [0.4, 0.5) is 0 Å². The predicted molar refractivity (Wildman–Crippen MR) is 59.9 cm³/mol. The lowest BCUT2D eigenvalue weighted by atomic mass is 9.94. The zero-order chi connectivity index (χ0) is 11.4. The Morgan fingerprint density at radius 1 is 1.64 bits per heavy atom. The number of hydrogen-bond donors (Lipinski definition) is 1. The predicted octanol–water partition coefficient (Wildman–Crippen LogP) is 1.54. The molecule has 0 saturated heterocycles. The fourth-order valence-corrected chi connectivity index (χ4v) is 1.49. The van der Waals surface area contributed by atoms with Gasteiger partial charge in [-0.15, -0.1) is 0 Å². The van der Waals surface area contributed by atoms with Gasteiger partial charge in [0.05, 0.1) is 0 Å². The summed E-state index contributed by atoms with van der Waals surface area (Å²) >= 11 is 0. The lowest BCUT2D eigenvalue weighted by Crippen LogP contribution is -2.44. The zero-order valence-corrected chi connectivity index (χ0v) is 9.71. The van der Waals surface area contributed by atoms with Crippen molar-refractivity contribution in [1.29, 1.82) is 0 Å². The number of carbonyl (C=O) groups is 1. The molecule has 82 valence electrons. The average Bonchev–Trinajstić information content (AvgIpc) is 2.10. The van der Waals surface area contributed by atoms with Crippen molar-refractivity contribution < 1.29 is 4.79 Å². The number of amides is 1. The normalized spacial score (nSPS) is 13.5. The summed E-state index contributed by atoms with van der Waals surface area (Å²) in [5.41, 5.74) is 5.69. The fourth-order valence-electron chi connectivity index (χ4n) is 1.49. The molecule has 0 fully saturated rings. The first-order valence-corrected chi connectivity index (χ1v) is 5.00. The van der Waals surface area contributed by atoms with Gasteiger partial charge in [-0.05, 0) is 32.8 Å². The smallest absolute Gasteiger partial charge is 0.245 e. The maximum Gasteiger partial charge on any atom is 0.245 e. The number of nitrogens with zero attached hydrogens (tertiary/aromatic N) is 1. The summed E-state index contributed by atoms with van der Waals surface area (Å²) in [6.45, 7) is 9.48. The summed E-state index contributed by atoms with van der Waals surface area (Å²) in [5, 5.41) is 0. The molecule has 0 spiro atoms. The van der Waals surface area contributed by atoms with Crippen LogP contribution in [0.25, 0.3) is 0 Å². The minimum absolute atomic E-state index is 0.0406. The van der Waals surface area contributed by atoms with E-state index in [9.17, 15) is 4.79 Å². The fraction of sp³-hybridized carbons (Fsp3) is 0.727. The molecular weight excluding hydrogens is 176 g/mol. The Kier molecular flexibility index (Phi) is 4.85. The molecule has 0 aromatic carbocycles. The van der Waals surface area contributed by atoms with Crippen LogP contribution in [0.5, 0.6) is 0 Å². The van der Waals surface area contributed by atoms with Gasteiger partial charge in [0.2, 0.25) is 5.91 Å². The van der Waals surface area contributed by atoms with E-state index in [0.29, 0.717) is 0 Å². The number of likely N-dealkylation sites (N-methyl/N-ethyl adjacent to an activating group) is 1. The van der Waals surface area contributed by atoms with Gasteiger partial charge < -0.3 is 10.6 Å². The Hall–Kier alpha value is -0.830. The van der Waals surface area contributed by atoms with Crippen LogP contribution in [0.2, 0.25) is 0 Å². The van der Waals surface area contributed by atoms with Gasteiger partial charge in [0.15, 0.2) is 0 Å². The van der Waals surface area contributed by atoms with Gasteiger partial charge in [-0.1, -0.05) is 13.5 Å². The molecule has 0 heterocycles. The molecule has 0 aromatic heterocycles. The Balaban J connectivity index is 4.41. The van der Waals surface area contributed by atoms with Crippen molar-refractivity contribution in [3.63, 3.8) is 0 Å². The molecule has 1 atom stereocenters. The third-order valence-corrected chi connectivity index (χ3v) is 2.30. The molecule has 0 rings (SSSR count). The number of rotatable bonds is 5. The molecule has 0 aliphatic rings. The summed E-state index contributed by atoms with van der Waals surface area (Å²) in [6.07, 6.45) is 3.06. The van der Waals surface area contributed by atoms with Crippen LogP contribution < -0.4 is 5.73 Å². The van der Waals surface area contributed by atoms with Crippen LogP contribution >= 0.6 is 0 Å². The van der Waals surface area contributed by atoms with Gasteiger partial charge in [-0.25, -0.2) is 0 Å². The first-order valence-electron chi connectivity index (χ1n) is 5.00. The number of carbonyl (C=O) groups excluding carboxylic acids is 1. The lowest BCUT2D eigenvalue weighted by Gasteiger charge is -2.31. The van der Waals surface area contributed by atoms with Crippen molar-refractivity contribution in [2.45, 2.75) is 45.2 Å². The average molecular weight is 198 g/mol. The van der Waals surface area contributed by atoms with Gasteiger partial charge in [0.1, 0.15) is 0 Å². The molecule has 2 N–H and O–H groups in total. The van der Waals surface area contributed by atoms with Crippen molar-refractivity contribution in [2.24, 2.45) is 5.73 Å². The molecule has 0 aliphatic carbocycles. The Morgan fingerprint density at radius 3 is 2.43 bits per heavy atom. The van der Waals surface area contributed by atoms with Gasteiger partial charge >= 0.3 is 0 Å². The van der Waals surface area contributed by atoms with E-state index in [2.05, 4.69) is 13.5 Å². The highest BCUT2D eigenvalue weighted by atomic mass is 16.2. The summed E-state index contributed by atoms with van der Waals surface area (Å²) in [6, 6.07) is 0.195. The quantitative estimate of drug-likeness (QED) is 0.681. The summed E-state index contributed by atoms with van der Waals surface area (Å²) < 4.78 is 0. The van der Waals surface area contributed by atoms with Gasteiger partial charge in [0, 0.05) is 18.6 Å². The van der Waals surface area contributed by atoms with E-state index < -0.39 is 0 Å². The lowest BCUT2D eigenvalue weighted by molar-refractivity contribution is -0.127. The molecular formula is C11H22N2O. The van der Waals surface area contributed by atoms with Crippen molar-refractivity contribution >= 4 is 5.91 Å². The summed E-state index contributed by atoms with van der Waals surface area (Å²) in [5.74, 6) is -0.0406. The first kappa shape index (κ1) is 13.2. The van der Waals surface area contributed by atoms with E-state index in [1.807, 2.05) is 13.8 Å². The van der Waals surface area contributed by atoms with Crippen LogP contribution in [0, 0.1) is 0 Å². The molecule has 0 radical (unpaired) electrons. The van der Waals surface area contributed by atoms with Crippen LogP contribution in [0.1, 0.15) is 33.6 Å². The van der Waals surface area contributed by atoms with Crippen molar-refractivity contribution in [1.82, 2.24) is 4.90 Å². The molecule has 1 amide bonds. The van der Waals surface area contributed by atoms with Gasteiger partial charge in [0.25, 0.3) is 0 Å². The highest BCUT2D eigenvalue weighted by molar-refractivity contribution is 5.87. The minimum atomic E-state index is -0.240. The highest BCUT2D eigenvalue weighted by Gasteiger charge is 2.22. The maximum absolute atomic E-state index is 11.4. The molecule has 0 bridgehead atoms. The van der Waals surface area contributed by atoms with E-state index in [1.165, 1.54) is 6.08 Å². The van der Waals surface area contributed by atoms with Crippen LogP contribution in [0.15, 0.2) is 12.7 Å². The van der Waals surface area contributed by atoms with Gasteiger partial charge in [-0.3, -0.25) is 4.79 Å². The summed E-state index contributed by atoms with van der Waals surface area (Å²) in [4.78, 5) is 13.1. The monoisotopic (exact) mass is 198 g/mol. The molecule has 3 nitrogen and oxygen atoms in total. The SMILES string of the molecule is C=CC(=O)N(C)C(CC)CC(C)(C)N. The van der Waals surface area contributed by atoms with Crippen LogP contribution in [-0.4, -0.2) is 29.4 Å². The topological polar surface area (TPSA) is 46.3 Å². The molecule has 14 heavy (non-hydrogen) atoms. The second-order valence-electron chi connectivity index (χ2n) is 4.41. The zero-order valence-electron chi connectivity index (χ0n) is 9.71. The summed E-state index contributed by atoms with van der Waals surface area (Å²) in [7, 11) is 1.80. The van der Waals surface area contributed by atoms with E-state index >= 15 is 0 Å². The second kappa shape index (κ2) is 5.15. The largest absolute Gasteiger partial charge is 0.339 e. The van der Waals surface area contributed by atoms with Crippen LogP contribution in [-0.2, 0) is 4.79 Å². The van der Waals surface area contributed by atoms with E-state index in [-0.39, 0.29) is 17.5 Å². The Morgan fingerprint density at radius 2 is 2.14 bits per heavy atom. The van der Waals surface area contributed by atoms with E-state index in [1.54, 1.807) is 11.9 Å². The van der Waals surface area contributed by atoms with E-state index in [0.717, 1.165) is 12.8 Å². The minimum Gasteiger partial charge on any atom is -0.339 e. The molecule has 0 aliphatic heterocycles. The second-order valence-corrected chi connectivity index (χ2v) is 4.41. The number of nitrogens with two attached hydrogens (primary N) is 1. The third kappa shape index (κ3) is 4.42. The maximum atomic E-state index is 11.4. The molecule has 0 aromatic rings. The van der Waals surface area contributed by atoms with E-state index in [4.69, 9.17) is 5.73 Å². The van der Waals surface area contributed by atoms with Crippen molar-refractivity contribution in [3.8, 4) is 0 Å². The molecule has 3 heteroatoms. The van der Waals surface area contributed by atoms with Crippen molar-refractivity contribution in [3.05, 3.63) is 12.7 Å². The van der Waals surface area contributed by atoms with Gasteiger partial charge in [-0.2, -0.15) is 0 Å². The third-order valence-electron chi connectivity index (χ3n) is 2.30. The standard InChI is InChI=1S/C11H22N2O/c1-6-9(8-11(3,4)12)13(5)10(14)7-2/h7,9H,2,6,8,12H2,1,3-5H3. The molecule has 1 unspecified atom stereocenters. The van der Waals surface area contributed by atoms with Crippen LogP contribution in [0.3, 0.4) is 0 Å².